The number of carbonyl (C=O) groups is 1. The molecular weight excluding hydrogens is 200 g/mol. The zero-order valence-corrected chi connectivity index (χ0v) is 9.32. The first-order valence-electron chi connectivity index (χ1n) is 5.65. The quantitative estimate of drug-likeness (QED) is 0.718. The molecule has 0 heterocycles. The summed E-state index contributed by atoms with van der Waals surface area (Å²) in [5, 5.41) is 0. The largest absolute Gasteiger partial charge is 0.496 e. The van der Waals surface area contributed by atoms with E-state index in [1.807, 2.05) is 24.3 Å². The van der Waals surface area contributed by atoms with Crippen molar-refractivity contribution in [2.24, 2.45) is 5.41 Å². The first kappa shape index (κ1) is 9.64. The molecule has 1 fully saturated rings. The van der Waals surface area contributed by atoms with E-state index in [9.17, 15) is 4.79 Å². The maximum Gasteiger partial charge on any atom is 0.170 e. The van der Waals surface area contributed by atoms with E-state index in [1.165, 1.54) is 0 Å². The number of allylic oxidation sites excluding steroid dienone is 1. The Bertz CT molecular complexity index is 481. The van der Waals surface area contributed by atoms with Crippen LogP contribution in [0, 0.1) is 5.41 Å². The number of methoxy groups -OCH3 is 1. The lowest BCUT2D eigenvalue weighted by Gasteiger charge is -2.10. The number of Topliss-reactive ketones (excluding diaryl/α,β-unsaturated/α-hetero) is 1. The van der Waals surface area contributed by atoms with Gasteiger partial charge in [0.05, 0.1) is 7.11 Å². The first-order valence-corrected chi connectivity index (χ1v) is 5.65. The lowest BCUT2D eigenvalue weighted by molar-refractivity contribution is 0.0902. The summed E-state index contributed by atoms with van der Waals surface area (Å²) < 4.78 is 5.38. The fourth-order valence-electron chi connectivity index (χ4n) is 2.45. The second kappa shape index (κ2) is 3.21. The van der Waals surface area contributed by atoms with E-state index in [0.717, 1.165) is 36.1 Å². The maximum absolute atomic E-state index is 12.4. The lowest BCUT2D eigenvalue weighted by atomic mass is 9.92. The molecule has 2 nitrogen and oxygen atoms in total. The monoisotopic (exact) mass is 214 g/mol. The van der Waals surface area contributed by atoms with Crippen LogP contribution in [0.1, 0.15) is 35.2 Å². The number of carbonyl (C=O) groups excluding carboxylic acids is 1. The van der Waals surface area contributed by atoms with E-state index in [0.29, 0.717) is 5.78 Å². The normalized spacial score (nSPS) is 21.1. The van der Waals surface area contributed by atoms with Gasteiger partial charge in [0.1, 0.15) is 5.76 Å². The van der Waals surface area contributed by atoms with Crippen molar-refractivity contribution in [1.82, 2.24) is 0 Å². The predicted octanol–water partition coefficient (Wildman–Crippen LogP) is 3.04. The summed E-state index contributed by atoms with van der Waals surface area (Å²) >= 11 is 0. The number of rotatable bonds is 1. The van der Waals surface area contributed by atoms with Gasteiger partial charge in [-0.3, -0.25) is 4.79 Å². The molecule has 82 valence electrons. The number of fused-ring (bicyclic) bond motifs is 1. The maximum atomic E-state index is 12.4. The molecule has 1 aromatic carbocycles. The zero-order valence-electron chi connectivity index (χ0n) is 9.32. The van der Waals surface area contributed by atoms with Crippen LogP contribution in [0.2, 0.25) is 0 Å². The summed E-state index contributed by atoms with van der Waals surface area (Å²) in [5.41, 5.74) is 1.67. The SMILES string of the molecule is COC1=CCC2(CC2)C(=O)c2ccccc21. The molecule has 0 bridgehead atoms. The Labute approximate surface area is 94.9 Å². The Morgan fingerprint density at radius 3 is 2.50 bits per heavy atom. The number of ether oxygens (including phenoxy) is 1. The Hall–Kier alpha value is -1.57. The van der Waals surface area contributed by atoms with Gasteiger partial charge in [-0.1, -0.05) is 24.3 Å². The van der Waals surface area contributed by atoms with Gasteiger partial charge in [-0.05, 0) is 25.3 Å². The Morgan fingerprint density at radius 2 is 1.88 bits per heavy atom. The molecular formula is C14H14O2. The number of benzene rings is 1. The van der Waals surface area contributed by atoms with E-state index in [2.05, 4.69) is 6.08 Å². The van der Waals surface area contributed by atoms with E-state index < -0.39 is 0 Å². The smallest absolute Gasteiger partial charge is 0.170 e. The van der Waals surface area contributed by atoms with Crippen LogP contribution in [0.25, 0.3) is 5.76 Å². The highest BCUT2D eigenvalue weighted by molar-refractivity contribution is 6.06. The average Bonchev–Trinajstić information content (AvgIpc) is 3.11. The summed E-state index contributed by atoms with van der Waals surface area (Å²) in [6.07, 6.45) is 4.93. The summed E-state index contributed by atoms with van der Waals surface area (Å²) in [6, 6.07) is 7.75. The minimum Gasteiger partial charge on any atom is -0.496 e. The molecule has 16 heavy (non-hydrogen) atoms. The molecule has 1 aromatic rings. The molecule has 3 rings (SSSR count). The van der Waals surface area contributed by atoms with E-state index >= 15 is 0 Å². The van der Waals surface area contributed by atoms with Crippen LogP contribution in [-0.2, 0) is 4.74 Å². The standard InChI is InChI=1S/C14H14O2/c1-16-12-6-7-14(8-9-14)13(15)11-5-3-2-4-10(11)12/h2-6H,7-9H2,1H3. The van der Waals surface area contributed by atoms with E-state index in [1.54, 1.807) is 7.11 Å². The molecule has 0 aromatic heterocycles. The van der Waals surface area contributed by atoms with Crippen molar-refractivity contribution in [2.75, 3.05) is 7.11 Å². The van der Waals surface area contributed by atoms with Gasteiger partial charge < -0.3 is 4.74 Å². The highest BCUT2D eigenvalue weighted by atomic mass is 16.5. The van der Waals surface area contributed by atoms with Gasteiger partial charge in [-0.15, -0.1) is 0 Å². The van der Waals surface area contributed by atoms with Crippen LogP contribution in [0.5, 0.6) is 0 Å². The van der Waals surface area contributed by atoms with Gasteiger partial charge in [0.15, 0.2) is 5.78 Å². The molecule has 1 saturated carbocycles. The molecule has 0 radical (unpaired) electrons. The summed E-state index contributed by atoms with van der Waals surface area (Å²) in [7, 11) is 1.66. The average molecular weight is 214 g/mol. The summed E-state index contributed by atoms with van der Waals surface area (Å²) in [5.74, 6) is 1.14. The zero-order chi connectivity index (χ0) is 11.2. The predicted molar refractivity (Wildman–Crippen MR) is 62.0 cm³/mol. The molecule has 0 amide bonds. The summed E-state index contributed by atoms with van der Waals surface area (Å²) in [4.78, 5) is 12.4. The number of hydrogen-bond donors (Lipinski definition) is 0. The fraction of sp³-hybridized carbons (Fsp3) is 0.357. The molecule has 2 heteroatoms. The Kier molecular flexibility index (Phi) is 1.93. The van der Waals surface area contributed by atoms with Crippen molar-refractivity contribution >= 4 is 11.5 Å². The number of hydrogen-bond acceptors (Lipinski definition) is 2. The topological polar surface area (TPSA) is 26.3 Å². The van der Waals surface area contributed by atoms with Crippen LogP contribution >= 0.6 is 0 Å². The van der Waals surface area contributed by atoms with Crippen molar-refractivity contribution < 1.29 is 9.53 Å². The van der Waals surface area contributed by atoms with Gasteiger partial charge >= 0.3 is 0 Å². The third-order valence-corrected chi connectivity index (χ3v) is 3.67. The second-order valence-corrected chi connectivity index (χ2v) is 4.63. The molecule has 1 spiro atoms. The highest BCUT2D eigenvalue weighted by Gasteiger charge is 2.50. The van der Waals surface area contributed by atoms with Crippen molar-refractivity contribution in [1.29, 1.82) is 0 Å². The first-order chi connectivity index (χ1) is 7.77. The fourth-order valence-corrected chi connectivity index (χ4v) is 2.45. The molecule has 0 atom stereocenters. The third-order valence-electron chi connectivity index (χ3n) is 3.67. The minimum atomic E-state index is -0.101. The van der Waals surface area contributed by atoms with Crippen molar-refractivity contribution in [3.63, 3.8) is 0 Å². The van der Waals surface area contributed by atoms with Crippen LogP contribution in [0.4, 0.5) is 0 Å². The van der Waals surface area contributed by atoms with Crippen LogP contribution in [0.15, 0.2) is 30.3 Å². The lowest BCUT2D eigenvalue weighted by Crippen LogP contribution is -2.14. The van der Waals surface area contributed by atoms with Crippen LogP contribution in [-0.4, -0.2) is 12.9 Å². The molecule has 0 N–H and O–H groups in total. The van der Waals surface area contributed by atoms with Crippen LogP contribution in [0.3, 0.4) is 0 Å². The van der Waals surface area contributed by atoms with Gasteiger partial charge in [-0.2, -0.15) is 0 Å². The van der Waals surface area contributed by atoms with Gasteiger partial charge in [0.2, 0.25) is 0 Å². The highest BCUT2D eigenvalue weighted by Crippen LogP contribution is 2.53. The molecule has 0 unspecified atom stereocenters. The molecule has 0 aliphatic heterocycles. The number of ketones is 1. The molecule has 2 aliphatic rings. The van der Waals surface area contributed by atoms with E-state index in [-0.39, 0.29) is 5.41 Å². The van der Waals surface area contributed by atoms with Crippen molar-refractivity contribution in [2.45, 2.75) is 19.3 Å². The van der Waals surface area contributed by atoms with Crippen LogP contribution < -0.4 is 0 Å². The van der Waals surface area contributed by atoms with E-state index in [4.69, 9.17) is 4.74 Å². The van der Waals surface area contributed by atoms with Gasteiger partial charge in [0.25, 0.3) is 0 Å². The third kappa shape index (κ3) is 1.22. The molecule has 2 aliphatic carbocycles. The Balaban J connectivity index is 2.19. The van der Waals surface area contributed by atoms with Gasteiger partial charge in [0, 0.05) is 16.5 Å². The minimum absolute atomic E-state index is 0.101. The Morgan fingerprint density at radius 1 is 1.19 bits per heavy atom. The molecule has 0 saturated heterocycles. The summed E-state index contributed by atoms with van der Waals surface area (Å²) in [6.45, 7) is 0. The van der Waals surface area contributed by atoms with Gasteiger partial charge in [-0.25, -0.2) is 0 Å². The second-order valence-electron chi connectivity index (χ2n) is 4.63. The van der Waals surface area contributed by atoms with Crippen molar-refractivity contribution in [3.05, 3.63) is 41.5 Å². The van der Waals surface area contributed by atoms with Crippen molar-refractivity contribution in [3.8, 4) is 0 Å².